The zero-order valence-corrected chi connectivity index (χ0v) is 16.5. The molecular weight excluding hydrogens is 356 g/mol. The van der Waals surface area contributed by atoms with Gasteiger partial charge in [0.25, 0.3) is 11.5 Å². The molecule has 1 heterocycles. The van der Waals surface area contributed by atoms with Crippen molar-refractivity contribution in [1.29, 1.82) is 0 Å². The van der Waals surface area contributed by atoms with Gasteiger partial charge in [-0.25, -0.2) is 0 Å². The molecule has 0 aliphatic heterocycles. The number of ether oxygens (including phenoxy) is 2. The van der Waals surface area contributed by atoms with Gasteiger partial charge in [0.15, 0.2) is 11.5 Å². The molecule has 28 heavy (non-hydrogen) atoms. The van der Waals surface area contributed by atoms with Gasteiger partial charge in [-0.15, -0.1) is 0 Å². The summed E-state index contributed by atoms with van der Waals surface area (Å²) in [4.78, 5) is 25.7. The lowest BCUT2D eigenvalue weighted by Gasteiger charge is -2.15. The smallest absolute Gasteiger partial charge is 0.258 e. The third-order valence-electron chi connectivity index (χ3n) is 4.88. The Morgan fingerprint density at radius 2 is 1.71 bits per heavy atom. The monoisotopic (exact) mass is 380 g/mol. The molecule has 6 heteroatoms. The first kappa shape index (κ1) is 19.5. The summed E-state index contributed by atoms with van der Waals surface area (Å²) in [7, 11) is 3.04. The summed E-state index contributed by atoms with van der Waals surface area (Å²) >= 11 is 0. The minimum absolute atomic E-state index is 0.172. The number of aromatic nitrogens is 1. The van der Waals surface area contributed by atoms with Crippen molar-refractivity contribution in [1.82, 2.24) is 9.88 Å². The first-order chi connectivity index (χ1) is 13.5. The highest BCUT2D eigenvalue weighted by Crippen LogP contribution is 2.32. The van der Waals surface area contributed by atoms with Gasteiger partial charge in [-0.05, 0) is 37.1 Å². The molecule has 146 valence electrons. The molecule has 1 amide bonds. The summed E-state index contributed by atoms with van der Waals surface area (Å²) < 4.78 is 12.2. The Morgan fingerprint density at radius 1 is 1.07 bits per heavy atom. The number of amides is 1. The predicted octanol–water partition coefficient (Wildman–Crippen LogP) is 3.28. The Balaban J connectivity index is 2.08. The van der Waals surface area contributed by atoms with Crippen LogP contribution in [0.15, 0.2) is 47.4 Å². The van der Waals surface area contributed by atoms with Gasteiger partial charge < -0.3 is 19.4 Å². The molecule has 3 rings (SSSR count). The van der Waals surface area contributed by atoms with Crippen molar-refractivity contribution in [2.45, 2.75) is 26.9 Å². The highest BCUT2D eigenvalue weighted by molar-refractivity contribution is 6.07. The summed E-state index contributed by atoms with van der Waals surface area (Å²) in [6.07, 6.45) is 1.60. The Bertz CT molecular complexity index is 1090. The zero-order valence-electron chi connectivity index (χ0n) is 16.5. The molecule has 6 nitrogen and oxygen atoms in total. The minimum Gasteiger partial charge on any atom is -0.493 e. The number of carbonyl (C=O) groups is 1. The van der Waals surface area contributed by atoms with Crippen molar-refractivity contribution in [3.05, 3.63) is 69.6 Å². The molecule has 0 fully saturated rings. The third-order valence-corrected chi connectivity index (χ3v) is 4.88. The summed E-state index contributed by atoms with van der Waals surface area (Å²) in [5.74, 6) is 0.673. The van der Waals surface area contributed by atoms with Crippen molar-refractivity contribution in [3.63, 3.8) is 0 Å². The second-order valence-electron chi connectivity index (χ2n) is 6.50. The van der Waals surface area contributed by atoms with Gasteiger partial charge in [0.1, 0.15) is 0 Å². The van der Waals surface area contributed by atoms with Crippen LogP contribution in [0, 0.1) is 6.92 Å². The van der Waals surface area contributed by atoms with Crippen LogP contribution in [0.25, 0.3) is 10.8 Å². The van der Waals surface area contributed by atoms with Gasteiger partial charge in [0.2, 0.25) is 0 Å². The van der Waals surface area contributed by atoms with E-state index in [1.165, 1.54) is 18.8 Å². The Labute approximate surface area is 163 Å². The van der Waals surface area contributed by atoms with E-state index >= 15 is 0 Å². The maximum absolute atomic E-state index is 13.0. The van der Waals surface area contributed by atoms with Crippen LogP contribution in [-0.4, -0.2) is 24.7 Å². The number of fused-ring (bicyclic) bond motifs is 1. The standard InChI is InChI=1S/C22H24N2O4/c1-5-24-13-18(21(25)23-12-15-9-7-6-8-14(15)2)16-10-19(27-3)20(28-4)11-17(16)22(24)26/h6-11,13H,5,12H2,1-4H3,(H,23,25). The highest BCUT2D eigenvalue weighted by Gasteiger charge is 2.18. The average Bonchev–Trinajstić information content (AvgIpc) is 2.72. The lowest BCUT2D eigenvalue weighted by molar-refractivity contribution is 0.0951. The van der Waals surface area contributed by atoms with Crippen molar-refractivity contribution >= 4 is 16.7 Å². The fraction of sp³-hybridized carbons (Fsp3) is 0.273. The quantitative estimate of drug-likeness (QED) is 0.713. The van der Waals surface area contributed by atoms with E-state index in [1.807, 2.05) is 38.1 Å². The van der Waals surface area contributed by atoms with Gasteiger partial charge in [-0.2, -0.15) is 0 Å². The number of hydrogen-bond donors (Lipinski definition) is 1. The van der Waals surface area contributed by atoms with Crippen molar-refractivity contribution in [2.75, 3.05) is 14.2 Å². The van der Waals surface area contributed by atoms with E-state index < -0.39 is 0 Å². The van der Waals surface area contributed by atoms with Gasteiger partial charge in [-0.3, -0.25) is 9.59 Å². The summed E-state index contributed by atoms with van der Waals surface area (Å²) in [6, 6.07) is 11.2. The molecule has 3 aromatic rings. The van der Waals surface area contributed by atoms with E-state index in [-0.39, 0.29) is 11.5 Å². The number of carbonyl (C=O) groups excluding carboxylic acids is 1. The Hall–Kier alpha value is -3.28. The third kappa shape index (κ3) is 3.58. The van der Waals surface area contributed by atoms with E-state index in [0.717, 1.165) is 11.1 Å². The van der Waals surface area contributed by atoms with Crippen LogP contribution in [0.2, 0.25) is 0 Å². The maximum Gasteiger partial charge on any atom is 0.258 e. The topological polar surface area (TPSA) is 69.6 Å². The fourth-order valence-electron chi connectivity index (χ4n) is 3.21. The van der Waals surface area contributed by atoms with Crippen molar-refractivity contribution in [3.8, 4) is 11.5 Å². The fourth-order valence-corrected chi connectivity index (χ4v) is 3.21. The van der Waals surface area contributed by atoms with Gasteiger partial charge in [0.05, 0.1) is 25.2 Å². The first-order valence-corrected chi connectivity index (χ1v) is 9.12. The molecule has 0 spiro atoms. The van der Waals surface area contributed by atoms with Crippen LogP contribution in [0.5, 0.6) is 11.5 Å². The molecule has 0 bridgehead atoms. The SMILES string of the molecule is CCn1cc(C(=O)NCc2ccccc2C)c2cc(OC)c(OC)cc2c1=O. The van der Waals surface area contributed by atoms with E-state index in [9.17, 15) is 9.59 Å². The largest absolute Gasteiger partial charge is 0.493 e. The lowest BCUT2D eigenvalue weighted by Crippen LogP contribution is -2.27. The number of pyridine rings is 1. The normalized spacial score (nSPS) is 10.7. The van der Waals surface area contributed by atoms with E-state index in [2.05, 4.69) is 5.32 Å². The number of nitrogens with zero attached hydrogens (tertiary/aromatic N) is 1. The van der Waals surface area contributed by atoms with Crippen LogP contribution in [0.4, 0.5) is 0 Å². The van der Waals surface area contributed by atoms with Crippen LogP contribution < -0.4 is 20.3 Å². The Kier molecular flexibility index (Phi) is 5.68. The van der Waals surface area contributed by atoms with Crippen LogP contribution in [-0.2, 0) is 13.1 Å². The molecule has 0 aliphatic carbocycles. The maximum atomic E-state index is 13.0. The second-order valence-corrected chi connectivity index (χ2v) is 6.50. The lowest BCUT2D eigenvalue weighted by atomic mass is 10.0. The summed E-state index contributed by atoms with van der Waals surface area (Å²) in [5, 5.41) is 3.91. The van der Waals surface area contributed by atoms with Crippen LogP contribution in [0.3, 0.4) is 0 Å². The zero-order chi connectivity index (χ0) is 20.3. The molecule has 1 aromatic heterocycles. The molecule has 1 N–H and O–H groups in total. The number of nitrogens with one attached hydrogen (secondary N) is 1. The Morgan fingerprint density at radius 3 is 2.32 bits per heavy atom. The van der Waals surface area contributed by atoms with Crippen molar-refractivity contribution in [2.24, 2.45) is 0 Å². The van der Waals surface area contributed by atoms with Gasteiger partial charge in [-0.1, -0.05) is 24.3 Å². The van der Waals surface area contributed by atoms with E-state index in [4.69, 9.17) is 9.47 Å². The molecule has 0 radical (unpaired) electrons. The van der Waals surface area contributed by atoms with E-state index in [1.54, 1.807) is 18.3 Å². The molecule has 0 aliphatic rings. The van der Waals surface area contributed by atoms with Gasteiger partial charge in [0, 0.05) is 24.7 Å². The number of methoxy groups -OCH3 is 2. The van der Waals surface area contributed by atoms with Crippen LogP contribution in [0.1, 0.15) is 28.4 Å². The second kappa shape index (κ2) is 8.17. The average molecular weight is 380 g/mol. The molecule has 0 saturated carbocycles. The predicted molar refractivity (Wildman–Crippen MR) is 109 cm³/mol. The summed E-state index contributed by atoms with van der Waals surface area (Å²) in [6.45, 7) is 4.74. The molecule has 0 unspecified atom stereocenters. The van der Waals surface area contributed by atoms with Gasteiger partial charge >= 0.3 is 0 Å². The number of aryl methyl sites for hydroxylation is 2. The van der Waals surface area contributed by atoms with Crippen LogP contribution >= 0.6 is 0 Å². The van der Waals surface area contributed by atoms with Crippen molar-refractivity contribution < 1.29 is 14.3 Å². The highest BCUT2D eigenvalue weighted by atomic mass is 16.5. The molecular formula is C22H24N2O4. The molecule has 0 saturated heterocycles. The number of hydrogen-bond acceptors (Lipinski definition) is 4. The molecule has 0 atom stereocenters. The minimum atomic E-state index is -0.248. The molecule has 2 aromatic carbocycles. The number of rotatable bonds is 6. The summed E-state index contributed by atoms with van der Waals surface area (Å²) in [5.41, 5.74) is 2.40. The van der Waals surface area contributed by atoms with E-state index in [0.29, 0.717) is 40.9 Å². The first-order valence-electron chi connectivity index (χ1n) is 9.12. The number of benzene rings is 2.